The Morgan fingerprint density at radius 1 is 1.08 bits per heavy atom. The number of Topliss-reactive ketones (excluding diaryl/α,β-unsaturated/α-hetero) is 1. The molecule has 0 unspecified atom stereocenters. The Bertz CT molecular complexity index is 684. The molecule has 0 spiro atoms. The molecule has 0 radical (unpaired) electrons. The number of rotatable bonds is 8. The van der Waals surface area contributed by atoms with Crippen molar-refractivity contribution in [3.05, 3.63) is 84.4 Å². The second-order valence-electron chi connectivity index (χ2n) is 6.52. The minimum absolute atomic E-state index is 0.0161. The van der Waals surface area contributed by atoms with Crippen molar-refractivity contribution in [1.29, 1.82) is 0 Å². The third-order valence-electron chi connectivity index (χ3n) is 4.73. The minimum atomic E-state index is -0.131. The summed E-state index contributed by atoms with van der Waals surface area (Å²) >= 11 is 0. The zero-order chi connectivity index (χ0) is 17.5. The summed E-state index contributed by atoms with van der Waals surface area (Å²) in [5, 5.41) is 0. The van der Waals surface area contributed by atoms with Crippen LogP contribution in [0.15, 0.2) is 73.3 Å². The van der Waals surface area contributed by atoms with Crippen molar-refractivity contribution in [3.8, 4) is 0 Å². The van der Waals surface area contributed by atoms with Gasteiger partial charge in [-0.05, 0) is 11.1 Å². The van der Waals surface area contributed by atoms with Crippen molar-refractivity contribution in [2.45, 2.75) is 25.6 Å². The number of ketones is 1. The third kappa shape index (κ3) is 4.65. The molecule has 0 bridgehead atoms. The molecule has 1 aliphatic heterocycles. The van der Waals surface area contributed by atoms with Gasteiger partial charge in [-0.15, -0.1) is 6.58 Å². The Kier molecular flexibility index (Phi) is 6.15. The number of carbonyl (C=O) groups excluding carboxylic acids is 1. The maximum absolute atomic E-state index is 12.5. The van der Waals surface area contributed by atoms with Gasteiger partial charge in [-0.3, -0.25) is 9.69 Å². The summed E-state index contributed by atoms with van der Waals surface area (Å²) in [4.78, 5) is 14.7. The van der Waals surface area contributed by atoms with E-state index in [1.54, 1.807) is 0 Å². The van der Waals surface area contributed by atoms with Crippen molar-refractivity contribution < 1.29 is 9.53 Å². The number of nitrogens with zero attached hydrogens (tertiary/aromatic N) is 1. The number of ether oxygens (including phenoxy) is 1. The fourth-order valence-corrected chi connectivity index (χ4v) is 3.42. The van der Waals surface area contributed by atoms with Crippen LogP contribution in [0.3, 0.4) is 0 Å². The van der Waals surface area contributed by atoms with Gasteiger partial charge in [0.05, 0.1) is 19.3 Å². The van der Waals surface area contributed by atoms with E-state index in [4.69, 9.17) is 4.74 Å². The summed E-state index contributed by atoms with van der Waals surface area (Å²) in [6, 6.07) is 20.3. The van der Waals surface area contributed by atoms with Crippen LogP contribution in [0, 0.1) is 5.92 Å². The second kappa shape index (κ2) is 8.75. The second-order valence-corrected chi connectivity index (χ2v) is 6.52. The molecule has 0 saturated carbocycles. The van der Waals surface area contributed by atoms with E-state index >= 15 is 0 Å². The number of hydrogen-bond acceptors (Lipinski definition) is 3. The molecule has 3 heteroatoms. The smallest absolute Gasteiger partial charge is 0.151 e. The van der Waals surface area contributed by atoms with E-state index in [9.17, 15) is 4.79 Å². The largest absolute Gasteiger partial charge is 0.376 e. The van der Waals surface area contributed by atoms with Gasteiger partial charge in [0, 0.05) is 25.4 Å². The molecule has 1 heterocycles. The number of hydrogen-bond donors (Lipinski definition) is 0. The lowest BCUT2D eigenvalue weighted by Gasteiger charge is -2.28. The first-order chi connectivity index (χ1) is 12.3. The predicted molar refractivity (Wildman–Crippen MR) is 100 cm³/mol. The lowest BCUT2D eigenvalue weighted by atomic mass is 9.97. The standard InChI is InChI=1S/C22H25NO2/c1-2-20(17-25-16-19-11-7-4-8-12-19)22-21(24)13-14-23(22)15-18-9-5-3-6-10-18/h2-12,20,22H,1,13-17H2/t20-,22-/m1/s1. The summed E-state index contributed by atoms with van der Waals surface area (Å²) < 4.78 is 5.88. The van der Waals surface area contributed by atoms with E-state index in [0.29, 0.717) is 25.4 Å². The first kappa shape index (κ1) is 17.6. The summed E-state index contributed by atoms with van der Waals surface area (Å²) in [6.45, 7) is 6.62. The molecular weight excluding hydrogens is 310 g/mol. The predicted octanol–water partition coefficient (Wildman–Crippen LogP) is 3.85. The average molecular weight is 335 g/mol. The zero-order valence-electron chi connectivity index (χ0n) is 14.5. The average Bonchev–Trinajstić information content (AvgIpc) is 3.01. The molecule has 25 heavy (non-hydrogen) atoms. The molecule has 0 amide bonds. The van der Waals surface area contributed by atoms with Crippen molar-refractivity contribution >= 4 is 5.78 Å². The van der Waals surface area contributed by atoms with Crippen LogP contribution in [0.4, 0.5) is 0 Å². The topological polar surface area (TPSA) is 29.5 Å². The fourth-order valence-electron chi connectivity index (χ4n) is 3.42. The summed E-state index contributed by atoms with van der Waals surface area (Å²) in [6.07, 6.45) is 2.48. The highest BCUT2D eigenvalue weighted by Gasteiger charge is 2.37. The molecular formula is C22H25NO2. The highest BCUT2D eigenvalue weighted by Crippen LogP contribution is 2.25. The lowest BCUT2D eigenvalue weighted by Crippen LogP contribution is -2.40. The number of carbonyl (C=O) groups is 1. The van der Waals surface area contributed by atoms with Crippen molar-refractivity contribution in [2.75, 3.05) is 13.2 Å². The van der Waals surface area contributed by atoms with E-state index in [2.05, 4.69) is 23.6 Å². The first-order valence-corrected chi connectivity index (χ1v) is 8.83. The molecule has 2 aromatic rings. The zero-order valence-corrected chi connectivity index (χ0v) is 14.5. The highest BCUT2D eigenvalue weighted by atomic mass is 16.5. The van der Waals surface area contributed by atoms with E-state index in [0.717, 1.165) is 18.7 Å². The monoisotopic (exact) mass is 335 g/mol. The van der Waals surface area contributed by atoms with E-state index in [-0.39, 0.29) is 12.0 Å². The van der Waals surface area contributed by atoms with Gasteiger partial charge < -0.3 is 4.74 Å². The third-order valence-corrected chi connectivity index (χ3v) is 4.73. The molecule has 2 aromatic carbocycles. The molecule has 1 aliphatic rings. The Labute approximate surface area is 149 Å². The van der Waals surface area contributed by atoms with Gasteiger partial charge in [0.2, 0.25) is 0 Å². The summed E-state index contributed by atoms with van der Waals surface area (Å²) in [7, 11) is 0. The normalized spacial score (nSPS) is 19.0. The van der Waals surface area contributed by atoms with Crippen molar-refractivity contribution in [2.24, 2.45) is 5.92 Å². The van der Waals surface area contributed by atoms with Gasteiger partial charge >= 0.3 is 0 Å². The molecule has 1 fully saturated rings. The van der Waals surface area contributed by atoms with Crippen molar-refractivity contribution in [1.82, 2.24) is 4.90 Å². The van der Waals surface area contributed by atoms with E-state index in [1.807, 2.05) is 54.6 Å². The van der Waals surface area contributed by atoms with Gasteiger partial charge in [0.25, 0.3) is 0 Å². The maximum atomic E-state index is 12.5. The summed E-state index contributed by atoms with van der Waals surface area (Å²) in [5.74, 6) is 0.312. The quantitative estimate of drug-likeness (QED) is 0.686. The van der Waals surface area contributed by atoms with Gasteiger partial charge in [0.15, 0.2) is 5.78 Å². The number of likely N-dealkylation sites (tertiary alicyclic amines) is 1. The van der Waals surface area contributed by atoms with Crippen LogP contribution in [0.25, 0.3) is 0 Å². The van der Waals surface area contributed by atoms with Crippen molar-refractivity contribution in [3.63, 3.8) is 0 Å². The molecule has 3 rings (SSSR count). The van der Waals surface area contributed by atoms with E-state index in [1.165, 1.54) is 5.56 Å². The Morgan fingerprint density at radius 2 is 1.72 bits per heavy atom. The van der Waals surface area contributed by atoms with Crippen LogP contribution in [0.2, 0.25) is 0 Å². The van der Waals surface area contributed by atoms with Crippen LogP contribution < -0.4 is 0 Å². The van der Waals surface area contributed by atoms with Gasteiger partial charge in [-0.25, -0.2) is 0 Å². The molecule has 0 N–H and O–H groups in total. The van der Waals surface area contributed by atoms with Crippen LogP contribution >= 0.6 is 0 Å². The van der Waals surface area contributed by atoms with Crippen LogP contribution in [0.1, 0.15) is 17.5 Å². The maximum Gasteiger partial charge on any atom is 0.151 e. The summed E-state index contributed by atoms with van der Waals surface area (Å²) in [5.41, 5.74) is 2.37. The van der Waals surface area contributed by atoms with Gasteiger partial charge in [0.1, 0.15) is 0 Å². The molecule has 3 nitrogen and oxygen atoms in total. The Hall–Kier alpha value is -2.23. The SMILES string of the molecule is C=C[C@H](COCc1ccccc1)[C@@H]1C(=O)CCN1Cc1ccccc1. The van der Waals surface area contributed by atoms with Crippen LogP contribution in [-0.4, -0.2) is 29.9 Å². The Morgan fingerprint density at radius 3 is 2.36 bits per heavy atom. The molecule has 2 atom stereocenters. The van der Waals surface area contributed by atoms with Gasteiger partial charge in [-0.2, -0.15) is 0 Å². The lowest BCUT2D eigenvalue weighted by molar-refractivity contribution is -0.121. The molecule has 130 valence electrons. The van der Waals surface area contributed by atoms with Crippen LogP contribution in [-0.2, 0) is 22.7 Å². The fraction of sp³-hybridized carbons (Fsp3) is 0.318. The minimum Gasteiger partial charge on any atom is -0.376 e. The molecule has 1 saturated heterocycles. The number of benzene rings is 2. The van der Waals surface area contributed by atoms with E-state index < -0.39 is 0 Å². The first-order valence-electron chi connectivity index (χ1n) is 8.83. The highest BCUT2D eigenvalue weighted by molar-refractivity contribution is 5.86. The van der Waals surface area contributed by atoms with Gasteiger partial charge in [-0.1, -0.05) is 66.7 Å². The van der Waals surface area contributed by atoms with Crippen LogP contribution in [0.5, 0.6) is 0 Å². The Balaban J connectivity index is 1.61. The molecule has 0 aliphatic carbocycles. The molecule has 0 aromatic heterocycles.